The molecule has 1 aromatic heterocycles. The van der Waals surface area contributed by atoms with Gasteiger partial charge in [-0.05, 0) is 17.7 Å². The largest absolute Gasteiger partial charge is 0.480 e. The summed E-state index contributed by atoms with van der Waals surface area (Å²) in [6.07, 6.45) is -1.49. The van der Waals surface area contributed by atoms with Crippen molar-refractivity contribution in [3.63, 3.8) is 0 Å². The molecule has 2 rings (SSSR count). The van der Waals surface area contributed by atoms with Crippen LogP contribution in [0.25, 0.3) is 11.1 Å². The summed E-state index contributed by atoms with van der Waals surface area (Å²) in [6.45, 7) is -0.291. The quantitative estimate of drug-likeness (QED) is 0.932. The highest BCUT2D eigenvalue weighted by molar-refractivity contribution is 5.67. The minimum atomic E-state index is -4.37. The number of rotatable bonds is 3. The summed E-state index contributed by atoms with van der Waals surface area (Å²) < 4.78 is 38.4. The van der Waals surface area contributed by atoms with Crippen molar-refractivity contribution < 1.29 is 23.1 Å². The summed E-state index contributed by atoms with van der Waals surface area (Å²) in [5.74, 6) is -1.04. The molecule has 0 amide bonds. The lowest BCUT2D eigenvalue weighted by molar-refractivity contribution is -0.138. The predicted octanol–water partition coefficient (Wildman–Crippen LogP) is 2.65. The van der Waals surface area contributed by atoms with Crippen molar-refractivity contribution in [1.82, 2.24) is 9.78 Å². The molecule has 0 saturated heterocycles. The summed E-state index contributed by atoms with van der Waals surface area (Å²) in [5, 5.41) is 12.4. The SMILES string of the molecule is O=C(O)Cn1cc(-c2ccc(C(F)(F)F)cc2)cn1. The number of hydrogen-bond acceptors (Lipinski definition) is 2. The highest BCUT2D eigenvalue weighted by atomic mass is 19.4. The van der Waals surface area contributed by atoms with Crippen LogP contribution >= 0.6 is 0 Å². The van der Waals surface area contributed by atoms with Gasteiger partial charge in [-0.25, -0.2) is 0 Å². The van der Waals surface area contributed by atoms with Gasteiger partial charge in [0.25, 0.3) is 0 Å². The fraction of sp³-hybridized carbons (Fsp3) is 0.167. The van der Waals surface area contributed by atoms with Gasteiger partial charge in [-0.2, -0.15) is 18.3 Å². The standard InChI is InChI=1S/C12H9F3N2O2/c13-12(14,15)10-3-1-8(2-4-10)9-5-16-17(6-9)7-11(18)19/h1-6H,7H2,(H,18,19). The van der Waals surface area contributed by atoms with E-state index in [1.807, 2.05) is 0 Å². The molecule has 2 aromatic rings. The Hall–Kier alpha value is -2.31. The number of carboxylic acid groups (broad SMARTS) is 1. The van der Waals surface area contributed by atoms with Crippen molar-refractivity contribution in [2.75, 3.05) is 0 Å². The molecule has 7 heteroatoms. The first kappa shape index (κ1) is 13.1. The lowest BCUT2D eigenvalue weighted by atomic mass is 10.1. The van der Waals surface area contributed by atoms with Crippen molar-refractivity contribution >= 4 is 5.97 Å². The van der Waals surface area contributed by atoms with Gasteiger partial charge in [0.2, 0.25) is 0 Å². The maximum absolute atomic E-state index is 12.4. The zero-order valence-electron chi connectivity index (χ0n) is 9.55. The van der Waals surface area contributed by atoms with Crippen LogP contribution in [0.1, 0.15) is 5.56 Å². The van der Waals surface area contributed by atoms with Gasteiger partial charge in [-0.3, -0.25) is 9.48 Å². The number of benzene rings is 1. The van der Waals surface area contributed by atoms with Gasteiger partial charge in [0.1, 0.15) is 6.54 Å². The van der Waals surface area contributed by atoms with E-state index in [-0.39, 0.29) is 6.54 Å². The van der Waals surface area contributed by atoms with Crippen LogP contribution in [0.4, 0.5) is 13.2 Å². The number of carbonyl (C=O) groups is 1. The first-order valence-corrected chi connectivity index (χ1v) is 5.28. The molecule has 1 heterocycles. The lowest BCUT2D eigenvalue weighted by Crippen LogP contribution is -2.08. The molecule has 0 spiro atoms. The van der Waals surface area contributed by atoms with E-state index in [4.69, 9.17) is 5.11 Å². The molecule has 19 heavy (non-hydrogen) atoms. The number of nitrogens with zero attached hydrogens (tertiary/aromatic N) is 2. The number of alkyl halides is 3. The second-order valence-corrected chi connectivity index (χ2v) is 3.90. The molecule has 0 unspecified atom stereocenters. The molecule has 0 fully saturated rings. The average molecular weight is 270 g/mol. The highest BCUT2D eigenvalue weighted by Gasteiger charge is 2.29. The third kappa shape index (κ3) is 3.12. The average Bonchev–Trinajstić information content (AvgIpc) is 2.75. The molecule has 1 N–H and O–H groups in total. The van der Waals surface area contributed by atoms with E-state index in [0.29, 0.717) is 11.1 Å². The third-order valence-corrected chi connectivity index (χ3v) is 2.48. The molecule has 0 aliphatic carbocycles. The maximum Gasteiger partial charge on any atom is 0.416 e. The van der Waals surface area contributed by atoms with Crippen molar-refractivity contribution in [2.24, 2.45) is 0 Å². The molecular weight excluding hydrogens is 261 g/mol. The molecule has 0 aliphatic heterocycles. The molecule has 100 valence electrons. The molecular formula is C12H9F3N2O2. The van der Waals surface area contributed by atoms with Gasteiger partial charge < -0.3 is 5.11 Å². The van der Waals surface area contributed by atoms with Crippen LogP contribution in [0.5, 0.6) is 0 Å². The summed E-state index contributed by atoms with van der Waals surface area (Å²) in [4.78, 5) is 10.5. The zero-order valence-corrected chi connectivity index (χ0v) is 9.55. The second kappa shape index (κ2) is 4.75. The van der Waals surface area contributed by atoms with Crippen LogP contribution in [-0.2, 0) is 17.5 Å². The Kier molecular flexibility index (Phi) is 3.28. The molecule has 1 aromatic carbocycles. The van der Waals surface area contributed by atoms with E-state index < -0.39 is 17.7 Å². The van der Waals surface area contributed by atoms with E-state index in [1.54, 1.807) is 0 Å². The Balaban J connectivity index is 2.23. The Bertz CT molecular complexity index is 588. The topological polar surface area (TPSA) is 55.1 Å². The fourth-order valence-corrected chi connectivity index (χ4v) is 1.59. The minimum Gasteiger partial charge on any atom is -0.480 e. The van der Waals surface area contributed by atoms with Crippen LogP contribution in [-0.4, -0.2) is 20.9 Å². The molecule has 0 aliphatic rings. The van der Waals surface area contributed by atoms with Crippen molar-refractivity contribution in [2.45, 2.75) is 12.7 Å². The summed E-state index contributed by atoms with van der Waals surface area (Å²) >= 11 is 0. The number of aliphatic carboxylic acids is 1. The maximum atomic E-state index is 12.4. The van der Waals surface area contributed by atoms with Crippen LogP contribution < -0.4 is 0 Å². The summed E-state index contributed by atoms with van der Waals surface area (Å²) in [5.41, 5.74) is 0.383. The molecule has 0 bridgehead atoms. The second-order valence-electron chi connectivity index (χ2n) is 3.90. The number of carboxylic acids is 1. The predicted molar refractivity (Wildman–Crippen MR) is 60.3 cm³/mol. The lowest BCUT2D eigenvalue weighted by Gasteiger charge is -2.06. The van der Waals surface area contributed by atoms with E-state index in [1.165, 1.54) is 29.2 Å². The van der Waals surface area contributed by atoms with Gasteiger partial charge >= 0.3 is 12.1 Å². The molecule has 0 saturated carbocycles. The third-order valence-electron chi connectivity index (χ3n) is 2.48. The Morgan fingerprint density at radius 2 is 1.84 bits per heavy atom. The van der Waals surface area contributed by atoms with E-state index in [0.717, 1.165) is 12.1 Å². The normalized spacial score (nSPS) is 11.5. The van der Waals surface area contributed by atoms with E-state index >= 15 is 0 Å². The van der Waals surface area contributed by atoms with Crippen LogP contribution in [0, 0.1) is 0 Å². The van der Waals surface area contributed by atoms with Gasteiger partial charge in [0.05, 0.1) is 11.8 Å². The smallest absolute Gasteiger partial charge is 0.416 e. The van der Waals surface area contributed by atoms with Gasteiger partial charge in [0.15, 0.2) is 0 Å². The fourth-order valence-electron chi connectivity index (χ4n) is 1.59. The van der Waals surface area contributed by atoms with Crippen LogP contribution in [0.15, 0.2) is 36.7 Å². The van der Waals surface area contributed by atoms with Crippen molar-refractivity contribution in [1.29, 1.82) is 0 Å². The zero-order chi connectivity index (χ0) is 14.0. The summed E-state index contributed by atoms with van der Waals surface area (Å²) in [6, 6.07) is 4.60. The van der Waals surface area contributed by atoms with Crippen molar-refractivity contribution in [3.8, 4) is 11.1 Å². The first-order valence-electron chi connectivity index (χ1n) is 5.28. The van der Waals surface area contributed by atoms with Crippen LogP contribution in [0.3, 0.4) is 0 Å². The van der Waals surface area contributed by atoms with Crippen LogP contribution in [0.2, 0.25) is 0 Å². The number of hydrogen-bond donors (Lipinski definition) is 1. The van der Waals surface area contributed by atoms with E-state index in [2.05, 4.69) is 5.10 Å². The number of aromatic nitrogens is 2. The molecule has 4 nitrogen and oxygen atoms in total. The minimum absolute atomic E-state index is 0.291. The number of halogens is 3. The monoisotopic (exact) mass is 270 g/mol. The van der Waals surface area contributed by atoms with E-state index in [9.17, 15) is 18.0 Å². The Labute approximate surface area is 106 Å². The Morgan fingerprint density at radius 1 is 1.21 bits per heavy atom. The van der Waals surface area contributed by atoms with Gasteiger partial charge in [0, 0.05) is 11.8 Å². The highest BCUT2D eigenvalue weighted by Crippen LogP contribution is 2.30. The van der Waals surface area contributed by atoms with Gasteiger partial charge in [-0.15, -0.1) is 0 Å². The Morgan fingerprint density at radius 3 is 2.37 bits per heavy atom. The van der Waals surface area contributed by atoms with Gasteiger partial charge in [-0.1, -0.05) is 12.1 Å². The first-order chi connectivity index (χ1) is 8.86. The molecule has 0 atom stereocenters. The summed E-state index contributed by atoms with van der Waals surface area (Å²) in [7, 11) is 0. The molecule has 0 radical (unpaired) electrons. The van der Waals surface area contributed by atoms with Crippen molar-refractivity contribution in [3.05, 3.63) is 42.2 Å².